The van der Waals surface area contributed by atoms with Crippen molar-refractivity contribution in [1.29, 1.82) is 0 Å². The van der Waals surface area contributed by atoms with Crippen molar-refractivity contribution in [2.45, 2.75) is 26.7 Å². The Morgan fingerprint density at radius 1 is 1.38 bits per heavy atom. The van der Waals surface area contributed by atoms with Gasteiger partial charge < -0.3 is 10.4 Å². The Balaban J connectivity index is 2.19. The minimum atomic E-state index is -1.04. The summed E-state index contributed by atoms with van der Waals surface area (Å²) < 4.78 is 0. The third-order valence-electron chi connectivity index (χ3n) is 3.03. The number of nitrogens with one attached hydrogen (secondary N) is 2. The summed E-state index contributed by atoms with van der Waals surface area (Å²) in [6, 6.07) is 4.70. The number of benzene rings is 1. The molecule has 7 heteroatoms. The molecular formula is C14H16N4O3. The third kappa shape index (κ3) is 3.25. The molecule has 0 saturated heterocycles. The SMILES string of the molecule is CCCc1nc(C(=O)Nc2cccc(C(=O)O)c2C)n[nH]1. The Labute approximate surface area is 121 Å². The maximum absolute atomic E-state index is 12.1. The van der Waals surface area contributed by atoms with Gasteiger partial charge in [-0.2, -0.15) is 0 Å². The van der Waals surface area contributed by atoms with Crippen molar-refractivity contribution in [2.75, 3.05) is 5.32 Å². The Morgan fingerprint density at radius 3 is 2.81 bits per heavy atom. The van der Waals surface area contributed by atoms with E-state index in [2.05, 4.69) is 20.5 Å². The fourth-order valence-electron chi connectivity index (χ4n) is 1.93. The Morgan fingerprint density at radius 2 is 2.14 bits per heavy atom. The van der Waals surface area contributed by atoms with Gasteiger partial charge in [0.05, 0.1) is 5.56 Å². The van der Waals surface area contributed by atoms with Crippen LogP contribution in [-0.2, 0) is 6.42 Å². The van der Waals surface area contributed by atoms with Gasteiger partial charge in [-0.25, -0.2) is 9.78 Å². The van der Waals surface area contributed by atoms with E-state index in [0.717, 1.165) is 6.42 Å². The summed E-state index contributed by atoms with van der Waals surface area (Å²) in [6.45, 7) is 3.64. The van der Waals surface area contributed by atoms with Crippen molar-refractivity contribution in [3.63, 3.8) is 0 Å². The van der Waals surface area contributed by atoms with Gasteiger partial charge in [0.1, 0.15) is 5.82 Å². The normalized spacial score (nSPS) is 10.4. The van der Waals surface area contributed by atoms with E-state index in [1.54, 1.807) is 19.1 Å². The number of H-pyrrole nitrogens is 1. The summed E-state index contributed by atoms with van der Waals surface area (Å²) in [5, 5.41) is 18.2. The number of anilines is 1. The molecule has 21 heavy (non-hydrogen) atoms. The number of aryl methyl sites for hydroxylation is 1. The largest absolute Gasteiger partial charge is 0.478 e. The monoisotopic (exact) mass is 288 g/mol. The molecule has 2 aromatic rings. The highest BCUT2D eigenvalue weighted by Crippen LogP contribution is 2.19. The van der Waals surface area contributed by atoms with Crippen LogP contribution in [0.2, 0.25) is 0 Å². The zero-order chi connectivity index (χ0) is 15.4. The van der Waals surface area contributed by atoms with Crippen LogP contribution in [0.3, 0.4) is 0 Å². The van der Waals surface area contributed by atoms with Gasteiger partial charge in [-0.3, -0.25) is 9.89 Å². The molecule has 3 N–H and O–H groups in total. The van der Waals surface area contributed by atoms with Crippen LogP contribution >= 0.6 is 0 Å². The maximum atomic E-state index is 12.1. The molecule has 1 amide bonds. The van der Waals surface area contributed by atoms with Crippen LogP contribution in [0, 0.1) is 6.92 Å². The average Bonchev–Trinajstić information content (AvgIpc) is 2.90. The first-order valence-electron chi connectivity index (χ1n) is 6.58. The molecule has 1 heterocycles. The molecule has 110 valence electrons. The minimum Gasteiger partial charge on any atom is -0.478 e. The molecule has 0 aliphatic heterocycles. The second-order valence-corrected chi connectivity index (χ2v) is 4.59. The van der Waals surface area contributed by atoms with Crippen molar-refractivity contribution in [3.8, 4) is 0 Å². The third-order valence-corrected chi connectivity index (χ3v) is 3.03. The maximum Gasteiger partial charge on any atom is 0.336 e. The average molecular weight is 288 g/mol. The van der Waals surface area contributed by atoms with Crippen molar-refractivity contribution in [1.82, 2.24) is 15.2 Å². The second kappa shape index (κ2) is 6.17. The standard InChI is InChI=1S/C14H16N4O3/c1-3-5-11-16-12(18-17-11)13(19)15-10-7-4-6-9(8(10)2)14(20)21/h4,6-7H,3,5H2,1-2H3,(H,15,19)(H,20,21)(H,16,17,18). The van der Waals surface area contributed by atoms with Gasteiger partial charge in [-0.05, 0) is 31.0 Å². The highest BCUT2D eigenvalue weighted by Gasteiger charge is 2.16. The van der Waals surface area contributed by atoms with Crippen LogP contribution in [-0.4, -0.2) is 32.2 Å². The first kappa shape index (κ1) is 14.7. The first-order chi connectivity index (χ1) is 10.0. The highest BCUT2D eigenvalue weighted by molar-refractivity contribution is 6.03. The van der Waals surface area contributed by atoms with Crippen LogP contribution in [0.5, 0.6) is 0 Å². The number of aromatic amines is 1. The van der Waals surface area contributed by atoms with Crippen LogP contribution in [0.25, 0.3) is 0 Å². The molecule has 7 nitrogen and oxygen atoms in total. The predicted molar refractivity (Wildman–Crippen MR) is 76.5 cm³/mol. The number of carbonyl (C=O) groups excluding carboxylic acids is 1. The van der Waals surface area contributed by atoms with Crippen LogP contribution < -0.4 is 5.32 Å². The van der Waals surface area contributed by atoms with Gasteiger partial charge in [0.2, 0.25) is 5.82 Å². The number of rotatable bonds is 5. The molecule has 0 bridgehead atoms. The number of aromatic nitrogens is 3. The molecule has 1 aromatic carbocycles. The summed E-state index contributed by atoms with van der Waals surface area (Å²) in [6.07, 6.45) is 1.61. The second-order valence-electron chi connectivity index (χ2n) is 4.59. The van der Waals surface area contributed by atoms with Crippen LogP contribution in [0.4, 0.5) is 5.69 Å². The number of carbonyl (C=O) groups is 2. The lowest BCUT2D eigenvalue weighted by molar-refractivity contribution is 0.0695. The van der Waals surface area contributed by atoms with E-state index in [1.165, 1.54) is 6.07 Å². The Kier molecular flexibility index (Phi) is 4.32. The molecule has 0 spiro atoms. The van der Waals surface area contributed by atoms with Crippen LogP contribution in [0.15, 0.2) is 18.2 Å². The number of nitrogens with zero attached hydrogens (tertiary/aromatic N) is 2. The molecule has 1 aromatic heterocycles. The van der Waals surface area contributed by atoms with E-state index >= 15 is 0 Å². The van der Waals surface area contributed by atoms with E-state index in [4.69, 9.17) is 5.11 Å². The quantitative estimate of drug-likeness (QED) is 0.780. The number of amides is 1. The van der Waals surface area contributed by atoms with Crippen molar-refractivity contribution < 1.29 is 14.7 Å². The topological polar surface area (TPSA) is 108 Å². The van der Waals surface area contributed by atoms with Gasteiger partial charge in [-0.1, -0.05) is 13.0 Å². The first-order valence-corrected chi connectivity index (χ1v) is 6.58. The van der Waals surface area contributed by atoms with E-state index < -0.39 is 11.9 Å². The van der Waals surface area contributed by atoms with Crippen LogP contribution in [0.1, 0.15) is 45.7 Å². The lowest BCUT2D eigenvalue weighted by atomic mass is 10.1. The fourth-order valence-corrected chi connectivity index (χ4v) is 1.93. The summed E-state index contributed by atoms with van der Waals surface area (Å²) in [5.41, 5.74) is 1.07. The van der Waals surface area contributed by atoms with Gasteiger partial charge in [0, 0.05) is 12.1 Å². The number of hydrogen-bond donors (Lipinski definition) is 3. The molecule has 0 radical (unpaired) electrons. The summed E-state index contributed by atoms with van der Waals surface area (Å²) in [7, 11) is 0. The molecule has 0 aliphatic rings. The number of carboxylic acid groups (broad SMARTS) is 1. The Bertz CT molecular complexity index is 679. The molecular weight excluding hydrogens is 272 g/mol. The molecule has 0 aliphatic carbocycles. The highest BCUT2D eigenvalue weighted by atomic mass is 16.4. The van der Waals surface area contributed by atoms with Gasteiger partial charge in [-0.15, -0.1) is 5.10 Å². The van der Waals surface area contributed by atoms with E-state index in [0.29, 0.717) is 23.5 Å². The van der Waals surface area contributed by atoms with Gasteiger partial charge in [0.25, 0.3) is 5.91 Å². The molecule has 0 saturated carbocycles. The molecule has 2 rings (SSSR count). The van der Waals surface area contributed by atoms with Crippen molar-refractivity contribution in [3.05, 3.63) is 41.0 Å². The Hall–Kier alpha value is -2.70. The zero-order valence-corrected chi connectivity index (χ0v) is 11.8. The smallest absolute Gasteiger partial charge is 0.336 e. The van der Waals surface area contributed by atoms with E-state index in [9.17, 15) is 9.59 Å². The van der Waals surface area contributed by atoms with E-state index in [1.807, 2.05) is 6.92 Å². The summed E-state index contributed by atoms with van der Waals surface area (Å²) in [5.74, 6) is -0.816. The van der Waals surface area contributed by atoms with Gasteiger partial charge >= 0.3 is 5.97 Å². The number of aromatic carboxylic acids is 1. The fraction of sp³-hybridized carbons (Fsp3) is 0.286. The minimum absolute atomic E-state index is 0.0404. The number of hydrogen-bond acceptors (Lipinski definition) is 4. The summed E-state index contributed by atoms with van der Waals surface area (Å²) in [4.78, 5) is 27.2. The van der Waals surface area contributed by atoms with Crippen molar-refractivity contribution in [2.24, 2.45) is 0 Å². The lowest BCUT2D eigenvalue weighted by Gasteiger charge is -2.08. The molecule has 0 unspecified atom stereocenters. The van der Waals surface area contributed by atoms with E-state index in [-0.39, 0.29) is 11.4 Å². The van der Waals surface area contributed by atoms with Gasteiger partial charge in [0.15, 0.2) is 0 Å². The predicted octanol–water partition coefficient (Wildman–Crippen LogP) is 2.02. The summed E-state index contributed by atoms with van der Waals surface area (Å²) >= 11 is 0. The molecule has 0 fully saturated rings. The number of carboxylic acids is 1. The lowest BCUT2D eigenvalue weighted by Crippen LogP contribution is -2.15. The van der Waals surface area contributed by atoms with Crippen molar-refractivity contribution >= 4 is 17.6 Å². The zero-order valence-electron chi connectivity index (χ0n) is 11.8. The molecule has 0 atom stereocenters.